The number of nitrogens with one attached hydrogen (secondary N) is 5. The van der Waals surface area contributed by atoms with E-state index in [1.54, 1.807) is 0 Å². The van der Waals surface area contributed by atoms with Crippen LogP contribution in [0.25, 0.3) is 6.08 Å². The van der Waals surface area contributed by atoms with Crippen molar-refractivity contribution in [3.05, 3.63) is 35.9 Å². The molecule has 3 heterocycles. The number of carbonyl (C=O) groups excluding carboxylic acids is 8. The number of unbranched alkanes of at least 4 members (excludes halogenated alkanes) is 5. The molecule has 14 atom stereocenters. The fraction of sp³-hybridized carbons (Fsp3) is 0.692. The quantitative estimate of drug-likeness (QED) is 0.0623. The Hall–Kier alpha value is -5.72. The van der Waals surface area contributed by atoms with Gasteiger partial charge >= 0.3 is 0 Å². The predicted octanol–water partition coefficient (Wildman–Crippen LogP) is -1.51. The first-order valence-corrected chi connectivity index (χ1v) is 26.4. The molecule has 420 valence electrons. The van der Waals surface area contributed by atoms with Crippen LogP contribution in [0.5, 0.6) is 5.75 Å². The van der Waals surface area contributed by atoms with E-state index in [0.717, 1.165) is 54.7 Å². The second-order valence-electron chi connectivity index (χ2n) is 20.8. The van der Waals surface area contributed by atoms with E-state index in [0.29, 0.717) is 23.8 Å². The van der Waals surface area contributed by atoms with Gasteiger partial charge in [-0.1, -0.05) is 84.4 Å². The van der Waals surface area contributed by atoms with Gasteiger partial charge in [-0.25, -0.2) is 0 Å². The first-order chi connectivity index (χ1) is 35.4. The number of phenols is 1. The first-order valence-electron chi connectivity index (χ1n) is 26.4. The largest absolute Gasteiger partial charge is 0.507 e. The number of hydrogen-bond donors (Lipinski definition) is 13. The van der Waals surface area contributed by atoms with Gasteiger partial charge in [0.25, 0.3) is 0 Å². The molecule has 23 nitrogen and oxygen atoms in total. The van der Waals surface area contributed by atoms with Crippen molar-refractivity contribution in [2.45, 2.75) is 197 Å². The van der Waals surface area contributed by atoms with E-state index in [-0.39, 0.29) is 30.7 Å². The van der Waals surface area contributed by atoms with Crippen LogP contribution in [0.15, 0.2) is 24.8 Å². The van der Waals surface area contributed by atoms with E-state index >= 15 is 0 Å². The lowest BCUT2D eigenvalue weighted by molar-refractivity contribution is -0.147. The highest BCUT2D eigenvalue weighted by molar-refractivity contribution is 5.98. The number of carbonyl (C=O) groups is 8. The third-order valence-electron chi connectivity index (χ3n) is 14.4. The zero-order valence-electron chi connectivity index (χ0n) is 43.7. The van der Waals surface area contributed by atoms with Crippen LogP contribution in [0.1, 0.15) is 129 Å². The van der Waals surface area contributed by atoms with Gasteiger partial charge in [0.05, 0.1) is 43.0 Å². The van der Waals surface area contributed by atoms with Gasteiger partial charge in [0.2, 0.25) is 47.3 Å². The Bertz CT molecular complexity index is 2150. The van der Waals surface area contributed by atoms with Crippen molar-refractivity contribution in [2.75, 3.05) is 19.6 Å². The van der Waals surface area contributed by atoms with E-state index in [2.05, 4.69) is 53.9 Å². The molecule has 1 aromatic carbocycles. The fourth-order valence-electron chi connectivity index (χ4n) is 10.0. The number of nitrogens with zero attached hydrogens (tertiary/aromatic N) is 2. The van der Waals surface area contributed by atoms with E-state index in [1.165, 1.54) is 37.6 Å². The normalized spacial score (nSPS) is 27.5. The van der Waals surface area contributed by atoms with Crippen molar-refractivity contribution in [1.82, 2.24) is 36.4 Å². The summed E-state index contributed by atoms with van der Waals surface area (Å²) in [6, 6.07) is -6.78. The molecule has 0 radical (unpaired) electrons. The lowest BCUT2D eigenvalue weighted by Crippen LogP contribution is -2.64. The highest BCUT2D eigenvalue weighted by Crippen LogP contribution is 2.26. The van der Waals surface area contributed by atoms with Gasteiger partial charge in [0, 0.05) is 50.9 Å². The average Bonchev–Trinajstić information content (AvgIpc) is 3.95. The van der Waals surface area contributed by atoms with Crippen molar-refractivity contribution >= 4 is 53.3 Å². The zero-order chi connectivity index (χ0) is 55.7. The van der Waals surface area contributed by atoms with E-state index in [4.69, 9.17) is 5.73 Å². The maximum atomic E-state index is 14.4. The Morgan fingerprint density at radius 2 is 1.44 bits per heavy atom. The highest BCUT2D eigenvalue weighted by atomic mass is 16.3. The smallest absolute Gasteiger partial charge is 0.248 e. The van der Waals surface area contributed by atoms with Gasteiger partial charge in [-0.15, -0.1) is 0 Å². The number of nitrogens with two attached hydrogens (primary N) is 1. The van der Waals surface area contributed by atoms with Crippen molar-refractivity contribution in [3.63, 3.8) is 0 Å². The zero-order valence-corrected chi connectivity index (χ0v) is 43.7. The summed E-state index contributed by atoms with van der Waals surface area (Å²) in [5, 5.41) is 89.4. The van der Waals surface area contributed by atoms with Gasteiger partial charge in [-0.3, -0.25) is 38.4 Å². The Morgan fingerprint density at radius 1 is 0.800 bits per heavy atom. The topological polar surface area (TPSA) is 371 Å². The summed E-state index contributed by atoms with van der Waals surface area (Å²) in [7, 11) is 0. The molecule has 0 spiro atoms. The monoisotopic (exact) mass is 1060 g/mol. The molecule has 3 aliphatic rings. The number of primary amides is 1. The van der Waals surface area contributed by atoms with E-state index in [1.807, 2.05) is 0 Å². The van der Waals surface area contributed by atoms with Gasteiger partial charge < -0.3 is 77.9 Å². The van der Waals surface area contributed by atoms with Crippen LogP contribution in [0, 0.1) is 11.8 Å². The Kier molecular flexibility index (Phi) is 24.4. The molecular weight excluding hydrogens is 977 g/mol. The molecule has 3 aliphatic heterocycles. The maximum Gasteiger partial charge on any atom is 0.248 e. The number of phenolic OH excluding ortho intramolecular Hbond substituents is 1. The standard InChI is InChI=1S/C52H82N8O15/c1-6-28(3)20-29(4)14-12-10-8-9-11-13-15-42(69)55-35-23-33(62)26-54-50(73)46-38(65)18-19-59(46)52(75)45(40(67)25-41(53)68)58-49(72)44(39(66)22-31-16-17-37(64)32(7-2)21-31)57-48(71)36-24-34(63)27-60(36)51(74)43(30(5)61)56-47(35)70/h7,16-17,21,28-30,33-36,38-40,43-46,61-67H,2,6,8-15,18-20,22-27H2,1,3-5H3,(H2,53,68)(H,54,73)(H,55,69)(H,56,70)(H,57,71)(H,58,72)/t28?,29?,30-,33+,34+,35?,36-,38-,39+,40-,43-,44-,45-,46-/m0/s1. The minimum Gasteiger partial charge on any atom is -0.507 e. The molecule has 4 rings (SSSR count). The SMILES string of the molecule is C=Cc1cc(C[C@@H](O)[C@@H]2NC(=O)[C@@H]3C[C@@H](O)CN3C(=O)[C@H]([C@H](C)O)NC(=O)C(NC(=O)CCCCCCCCC(C)CC(C)CC)C[C@@H](O)CNC(=O)[C@@H]3[C@@H](O)CCN3C(=O)[C@H]([C@@H](O)CC(N)=O)NC2=O)ccc1O. The molecule has 14 N–H and O–H groups in total. The number of amides is 8. The maximum absolute atomic E-state index is 14.4. The summed E-state index contributed by atoms with van der Waals surface area (Å²) in [5.74, 6) is -7.31. The first kappa shape index (κ1) is 61.8. The molecule has 0 saturated carbocycles. The van der Waals surface area contributed by atoms with Crippen molar-refractivity contribution in [2.24, 2.45) is 17.6 Å². The molecule has 3 saturated heterocycles. The number of rotatable bonds is 21. The minimum atomic E-state index is -2.12. The van der Waals surface area contributed by atoms with Crippen LogP contribution in [-0.4, -0.2) is 185 Å². The van der Waals surface area contributed by atoms with Gasteiger partial charge in [0.1, 0.15) is 42.0 Å². The Labute approximate surface area is 438 Å². The summed E-state index contributed by atoms with van der Waals surface area (Å²) < 4.78 is 0. The van der Waals surface area contributed by atoms with Gasteiger partial charge in [-0.05, 0) is 55.7 Å². The lowest BCUT2D eigenvalue weighted by atomic mass is 9.91. The highest BCUT2D eigenvalue weighted by Gasteiger charge is 2.48. The van der Waals surface area contributed by atoms with Crippen LogP contribution in [0.3, 0.4) is 0 Å². The second-order valence-corrected chi connectivity index (χ2v) is 20.8. The van der Waals surface area contributed by atoms with Crippen molar-refractivity contribution in [1.29, 1.82) is 0 Å². The number of aliphatic hydroxyl groups excluding tert-OH is 6. The Balaban J connectivity index is 1.67. The molecule has 0 bridgehead atoms. The summed E-state index contributed by atoms with van der Waals surface area (Å²) in [5.41, 5.74) is 5.92. The molecule has 0 aliphatic carbocycles. The van der Waals surface area contributed by atoms with Crippen LogP contribution in [-0.2, 0) is 44.8 Å². The second kappa shape index (κ2) is 29.5. The number of fused-ring (bicyclic) bond motifs is 2. The third-order valence-corrected chi connectivity index (χ3v) is 14.4. The van der Waals surface area contributed by atoms with Crippen LogP contribution >= 0.6 is 0 Å². The van der Waals surface area contributed by atoms with Crippen LogP contribution < -0.4 is 32.3 Å². The average molecular weight is 1060 g/mol. The number of β-amino-alcohol motifs (C(OH)–C–C–N with tert-alkyl or cyclic N) is 1. The molecule has 75 heavy (non-hydrogen) atoms. The molecule has 1 aromatic rings. The van der Waals surface area contributed by atoms with Crippen molar-refractivity contribution < 1.29 is 74.1 Å². The molecule has 3 fully saturated rings. The Morgan fingerprint density at radius 3 is 2.09 bits per heavy atom. The van der Waals surface area contributed by atoms with Crippen LogP contribution in [0.2, 0.25) is 0 Å². The predicted molar refractivity (Wildman–Crippen MR) is 273 cm³/mol. The lowest BCUT2D eigenvalue weighted by Gasteiger charge is -2.33. The molecule has 0 aromatic heterocycles. The minimum absolute atomic E-state index is 0.000185. The van der Waals surface area contributed by atoms with Gasteiger partial charge in [-0.2, -0.15) is 0 Å². The summed E-state index contributed by atoms with van der Waals surface area (Å²) in [6.07, 6.45) is -2.57. The number of benzene rings is 1. The number of aliphatic hydroxyl groups is 6. The van der Waals surface area contributed by atoms with E-state index in [9.17, 15) is 74.1 Å². The van der Waals surface area contributed by atoms with Gasteiger partial charge in [0.15, 0.2) is 0 Å². The number of aromatic hydroxyl groups is 1. The third kappa shape index (κ3) is 18.2. The van der Waals surface area contributed by atoms with Crippen LogP contribution in [0.4, 0.5) is 0 Å². The summed E-state index contributed by atoms with van der Waals surface area (Å²) >= 11 is 0. The number of hydrogen-bond acceptors (Lipinski definition) is 15. The summed E-state index contributed by atoms with van der Waals surface area (Å²) in [6.45, 7) is 10.1. The summed E-state index contributed by atoms with van der Waals surface area (Å²) in [4.78, 5) is 113. The van der Waals surface area contributed by atoms with E-state index < -0.39 is 159 Å². The molecule has 23 heteroatoms. The molecule has 3 unspecified atom stereocenters. The van der Waals surface area contributed by atoms with Crippen molar-refractivity contribution in [3.8, 4) is 5.75 Å². The molecular formula is C52H82N8O15. The fourth-order valence-corrected chi connectivity index (χ4v) is 10.0. The molecule has 8 amide bonds.